The van der Waals surface area contributed by atoms with Gasteiger partial charge in [-0.3, -0.25) is 4.79 Å². The largest absolute Gasteiger partial charge is 0.493 e. The topological polar surface area (TPSA) is 51.5 Å². The van der Waals surface area contributed by atoms with Gasteiger partial charge in [0.1, 0.15) is 11.3 Å². The average molecular weight is 480 g/mol. The lowest BCUT2D eigenvalue weighted by Gasteiger charge is -2.15. The van der Waals surface area contributed by atoms with Crippen LogP contribution >= 0.6 is 23.2 Å². The minimum Gasteiger partial charge on any atom is -0.493 e. The average Bonchev–Trinajstić information content (AvgIpc) is 3.22. The molecule has 168 valence electrons. The fourth-order valence-corrected chi connectivity index (χ4v) is 4.11. The Hall–Kier alpha value is -3.21. The Morgan fingerprint density at radius 1 is 1.12 bits per heavy atom. The van der Waals surface area contributed by atoms with Gasteiger partial charge in [0.05, 0.1) is 23.6 Å². The zero-order valence-electron chi connectivity index (χ0n) is 18.5. The van der Waals surface area contributed by atoms with Gasteiger partial charge < -0.3 is 14.5 Å². The molecule has 0 saturated heterocycles. The van der Waals surface area contributed by atoms with E-state index in [4.69, 9.17) is 32.4 Å². The maximum atomic E-state index is 12.7. The van der Waals surface area contributed by atoms with Gasteiger partial charge in [0.15, 0.2) is 0 Å². The maximum absolute atomic E-state index is 12.7. The minimum absolute atomic E-state index is 0.272. The Kier molecular flexibility index (Phi) is 6.77. The number of ether oxygens (including phenoxy) is 1. The molecule has 4 rings (SSSR count). The lowest BCUT2D eigenvalue weighted by Crippen LogP contribution is -2.09. The van der Waals surface area contributed by atoms with Crippen molar-refractivity contribution in [1.29, 1.82) is 0 Å². The number of benzene rings is 3. The predicted octanol–water partition coefficient (Wildman–Crippen LogP) is 8.16. The first kappa shape index (κ1) is 23.0. The standard InChI is InChI=1S/C27H23Cl2NO3/c1-4-32-26-17(3)27-21(22(15-33-27)18-9-11-19(28)12-10-18)14-20(26)16(2)13-25(31)30-24-8-6-5-7-23(24)29/h5-15H,4H2,1-3H3,(H,30,31)/b16-13+. The number of rotatable bonds is 6. The van der Waals surface area contributed by atoms with Crippen molar-refractivity contribution in [3.05, 3.63) is 88.1 Å². The molecule has 3 aromatic carbocycles. The van der Waals surface area contributed by atoms with Crippen molar-refractivity contribution in [2.24, 2.45) is 0 Å². The number of furan rings is 1. The lowest BCUT2D eigenvalue weighted by molar-refractivity contribution is -0.111. The normalized spacial score (nSPS) is 11.6. The first-order valence-electron chi connectivity index (χ1n) is 10.6. The van der Waals surface area contributed by atoms with Crippen molar-refractivity contribution in [3.63, 3.8) is 0 Å². The van der Waals surface area contributed by atoms with E-state index in [-0.39, 0.29) is 5.91 Å². The number of hydrogen-bond donors (Lipinski definition) is 1. The zero-order chi connectivity index (χ0) is 23.5. The molecule has 4 aromatic rings. The number of allylic oxidation sites excluding steroid dienone is 1. The molecular formula is C27H23Cl2NO3. The van der Waals surface area contributed by atoms with Gasteiger partial charge in [0.2, 0.25) is 5.91 Å². The fourth-order valence-electron chi connectivity index (χ4n) is 3.80. The second kappa shape index (κ2) is 9.74. The molecule has 1 heterocycles. The molecule has 0 bridgehead atoms. The molecule has 0 aliphatic rings. The van der Waals surface area contributed by atoms with Crippen LogP contribution < -0.4 is 10.1 Å². The second-order valence-electron chi connectivity index (χ2n) is 7.64. The predicted molar refractivity (Wildman–Crippen MR) is 136 cm³/mol. The number of para-hydroxylation sites is 1. The highest BCUT2D eigenvalue weighted by atomic mass is 35.5. The molecule has 0 fully saturated rings. The summed E-state index contributed by atoms with van der Waals surface area (Å²) in [6, 6.07) is 16.7. The smallest absolute Gasteiger partial charge is 0.248 e. The Labute approximate surface area is 202 Å². The Morgan fingerprint density at radius 3 is 2.55 bits per heavy atom. The van der Waals surface area contributed by atoms with Gasteiger partial charge in [-0.15, -0.1) is 0 Å². The van der Waals surface area contributed by atoms with Crippen molar-refractivity contribution in [2.75, 3.05) is 11.9 Å². The van der Waals surface area contributed by atoms with E-state index < -0.39 is 0 Å². The number of nitrogens with one attached hydrogen (secondary N) is 1. The third-order valence-corrected chi connectivity index (χ3v) is 5.97. The summed E-state index contributed by atoms with van der Waals surface area (Å²) < 4.78 is 11.9. The van der Waals surface area contributed by atoms with Crippen molar-refractivity contribution in [3.8, 4) is 16.9 Å². The zero-order valence-corrected chi connectivity index (χ0v) is 20.1. The third kappa shape index (κ3) is 4.77. The van der Waals surface area contributed by atoms with Gasteiger partial charge in [-0.05, 0) is 62.2 Å². The number of fused-ring (bicyclic) bond motifs is 1. The second-order valence-corrected chi connectivity index (χ2v) is 8.48. The van der Waals surface area contributed by atoms with Crippen LogP contribution in [0.1, 0.15) is 25.0 Å². The van der Waals surface area contributed by atoms with Crippen LogP contribution in [0.4, 0.5) is 5.69 Å². The first-order chi connectivity index (χ1) is 15.9. The summed E-state index contributed by atoms with van der Waals surface area (Å²) in [6.07, 6.45) is 3.29. The van der Waals surface area contributed by atoms with E-state index in [1.54, 1.807) is 24.5 Å². The lowest BCUT2D eigenvalue weighted by atomic mass is 9.96. The van der Waals surface area contributed by atoms with Crippen LogP contribution in [0.3, 0.4) is 0 Å². The monoisotopic (exact) mass is 479 g/mol. The van der Waals surface area contributed by atoms with Crippen LogP contribution in [0.2, 0.25) is 10.0 Å². The molecule has 0 aliphatic carbocycles. The van der Waals surface area contributed by atoms with Gasteiger partial charge in [-0.25, -0.2) is 0 Å². The summed E-state index contributed by atoms with van der Waals surface area (Å²) >= 11 is 12.2. The summed E-state index contributed by atoms with van der Waals surface area (Å²) in [4.78, 5) is 12.7. The quantitative estimate of drug-likeness (QED) is 0.283. The number of hydrogen-bond acceptors (Lipinski definition) is 3. The molecule has 0 saturated carbocycles. The van der Waals surface area contributed by atoms with E-state index >= 15 is 0 Å². The van der Waals surface area contributed by atoms with E-state index in [2.05, 4.69) is 5.32 Å². The molecule has 0 atom stereocenters. The number of anilines is 1. The Morgan fingerprint density at radius 2 is 1.85 bits per heavy atom. The fraction of sp³-hybridized carbons (Fsp3) is 0.148. The van der Waals surface area contributed by atoms with Gasteiger partial charge in [0, 0.05) is 33.2 Å². The summed E-state index contributed by atoms with van der Waals surface area (Å²) in [5.41, 5.74) is 5.71. The first-order valence-corrected chi connectivity index (χ1v) is 11.3. The van der Waals surface area contributed by atoms with E-state index in [9.17, 15) is 4.79 Å². The SMILES string of the molecule is CCOc1c(/C(C)=C/C(=O)Nc2ccccc2Cl)cc2c(-c3ccc(Cl)cc3)coc2c1C. The third-order valence-electron chi connectivity index (χ3n) is 5.39. The molecule has 0 spiro atoms. The van der Waals surface area contributed by atoms with Gasteiger partial charge in [0.25, 0.3) is 0 Å². The van der Waals surface area contributed by atoms with Crippen LogP contribution in [0.5, 0.6) is 5.75 Å². The number of carbonyl (C=O) groups is 1. The highest BCUT2D eigenvalue weighted by Crippen LogP contribution is 2.41. The highest BCUT2D eigenvalue weighted by molar-refractivity contribution is 6.33. The van der Waals surface area contributed by atoms with Gasteiger partial charge in [-0.2, -0.15) is 0 Å². The van der Waals surface area contributed by atoms with E-state index in [0.29, 0.717) is 28.1 Å². The summed E-state index contributed by atoms with van der Waals surface area (Å²) in [7, 11) is 0. The van der Waals surface area contributed by atoms with Gasteiger partial charge >= 0.3 is 0 Å². The van der Waals surface area contributed by atoms with E-state index in [1.165, 1.54) is 0 Å². The molecule has 1 N–H and O–H groups in total. The maximum Gasteiger partial charge on any atom is 0.248 e. The number of halogens is 2. The molecule has 1 amide bonds. The molecular weight excluding hydrogens is 457 g/mol. The molecule has 6 heteroatoms. The number of amides is 1. The van der Waals surface area contributed by atoms with Gasteiger partial charge in [-0.1, -0.05) is 47.5 Å². The summed E-state index contributed by atoms with van der Waals surface area (Å²) in [5.74, 6) is 0.423. The Balaban J connectivity index is 1.79. The molecule has 0 radical (unpaired) electrons. The molecule has 1 aromatic heterocycles. The number of aryl methyl sites for hydroxylation is 1. The van der Waals surface area contributed by atoms with Crippen molar-refractivity contribution in [2.45, 2.75) is 20.8 Å². The van der Waals surface area contributed by atoms with Crippen molar-refractivity contribution < 1.29 is 13.9 Å². The summed E-state index contributed by atoms with van der Waals surface area (Å²) in [6.45, 7) is 6.27. The van der Waals surface area contributed by atoms with Crippen LogP contribution in [0.25, 0.3) is 27.7 Å². The van der Waals surface area contributed by atoms with Crippen LogP contribution in [0.15, 0.2) is 71.4 Å². The van der Waals surface area contributed by atoms with Crippen LogP contribution in [-0.4, -0.2) is 12.5 Å². The minimum atomic E-state index is -0.272. The van der Waals surface area contributed by atoms with E-state index in [0.717, 1.165) is 38.8 Å². The van der Waals surface area contributed by atoms with Crippen molar-refractivity contribution in [1.82, 2.24) is 0 Å². The van der Waals surface area contributed by atoms with E-state index in [1.807, 2.05) is 63.2 Å². The number of carbonyl (C=O) groups excluding carboxylic acids is 1. The van der Waals surface area contributed by atoms with Crippen LogP contribution in [-0.2, 0) is 4.79 Å². The molecule has 0 unspecified atom stereocenters. The van der Waals surface area contributed by atoms with Crippen LogP contribution in [0, 0.1) is 6.92 Å². The summed E-state index contributed by atoms with van der Waals surface area (Å²) in [5, 5.41) is 4.92. The van der Waals surface area contributed by atoms with Crippen molar-refractivity contribution >= 4 is 51.3 Å². The molecule has 0 aliphatic heterocycles. The Bertz CT molecular complexity index is 1350. The molecule has 33 heavy (non-hydrogen) atoms. The highest BCUT2D eigenvalue weighted by Gasteiger charge is 2.19. The molecule has 4 nitrogen and oxygen atoms in total.